The Kier molecular flexibility index (Phi) is 2.89. The zero-order valence-corrected chi connectivity index (χ0v) is 10.2. The average Bonchev–Trinajstić information content (AvgIpc) is 2.73. The summed E-state index contributed by atoms with van der Waals surface area (Å²) in [4.78, 5) is 9.15. The summed E-state index contributed by atoms with van der Waals surface area (Å²) in [5, 5.41) is 0. The van der Waals surface area contributed by atoms with Crippen LogP contribution in [0, 0.1) is 11.9 Å². The molecule has 0 fully saturated rings. The predicted octanol–water partition coefficient (Wildman–Crippen LogP) is 3.92. The van der Waals surface area contributed by atoms with Crippen molar-refractivity contribution in [3.8, 4) is 11.1 Å². The lowest BCUT2D eigenvalue weighted by Crippen LogP contribution is -2.07. The molecular weight excluding hydrogens is 293 g/mol. The van der Waals surface area contributed by atoms with Crippen LogP contribution in [-0.4, -0.2) is 15.0 Å². The quantitative estimate of drug-likeness (QED) is 0.692. The van der Waals surface area contributed by atoms with Gasteiger partial charge in [0.2, 0.25) is 11.9 Å². The molecule has 0 amide bonds. The molecule has 3 nitrogen and oxygen atoms in total. The molecule has 2 heterocycles. The molecule has 1 N–H and O–H groups in total. The molecular formula is C13H6F5N3. The molecule has 2 aromatic heterocycles. The van der Waals surface area contributed by atoms with E-state index in [0.717, 1.165) is 18.3 Å². The number of fused-ring (bicyclic) bond motifs is 1. The lowest BCUT2D eigenvalue weighted by Gasteiger charge is -2.11. The van der Waals surface area contributed by atoms with Crippen molar-refractivity contribution in [2.24, 2.45) is 0 Å². The van der Waals surface area contributed by atoms with Gasteiger partial charge >= 0.3 is 6.18 Å². The zero-order chi connectivity index (χ0) is 15.2. The smallest absolute Gasteiger partial charge is 0.314 e. The number of aromatic nitrogens is 3. The highest BCUT2D eigenvalue weighted by Gasteiger charge is 2.35. The molecule has 0 unspecified atom stereocenters. The summed E-state index contributed by atoms with van der Waals surface area (Å²) in [7, 11) is 0. The van der Waals surface area contributed by atoms with Crippen molar-refractivity contribution in [1.29, 1.82) is 0 Å². The van der Waals surface area contributed by atoms with Gasteiger partial charge in [-0.3, -0.25) is 0 Å². The molecule has 0 bridgehead atoms. The minimum absolute atomic E-state index is 0.124. The van der Waals surface area contributed by atoms with Crippen LogP contribution in [0.4, 0.5) is 22.0 Å². The topological polar surface area (TPSA) is 41.6 Å². The fourth-order valence-corrected chi connectivity index (χ4v) is 2.10. The first-order chi connectivity index (χ1) is 9.88. The van der Waals surface area contributed by atoms with Gasteiger partial charge in [-0.25, -0.2) is 9.97 Å². The summed E-state index contributed by atoms with van der Waals surface area (Å²) in [5.41, 5.74) is -2.32. The van der Waals surface area contributed by atoms with Crippen molar-refractivity contribution >= 4 is 11.2 Å². The Morgan fingerprint density at radius 2 is 1.76 bits per heavy atom. The number of benzene rings is 1. The number of hydrogen-bond donors (Lipinski definition) is 1. The summed E-state index contributed by atoms with van der Waals surface area (Å²) >= 11 is 0. The number of nitrogens with zero attached hydrogens (tertiary/aromatic N) is 2. The highest BCUT2D eigenvalue weighted by Crippen LogP contribution is 2.39. The third-order valence-electron chi connectivity index (χ3n) is 2.93. The number of nitrogens with one attached hydrogen (secondary N) is 1. The third-order valence-corrected chi connectivity index (χ3v) is 2.93. The third kappa shape index (κ3) is 2.22. The Hall–Kier alpha value is -2.51. The van der Waals surface area contributed by atoms with Crippen LogP contribution in [0.1, 0.15) is 5.56 Å². The van der Waals surface area contributed by atoms with Gasteiger partial charge in [0.15, 0.2) is 5.65 Å². The molecule has 21 heavy (non-hydrogen) atoms. The van der Waals surface area contributed by atoms with E-state index in [2.05, 4.69) is 15.0 Å². The molecule has 0 atom stereocenters. The number of H-pyrrole nitrogens is 1. The Morgan fingerprint density at radius 1 is 1.05 bits per heavy atom. The first-order valence-corrected chi connectivity index (χ1v) is 5.74. The molecule has 3 rings (SSSR count). The monoisotopic (exact) mass is 299 g/mol. The Balaban J connectivity index is 2.36. The summed E-state index contributed by atoms with van der Waals surface area (Å²) in [6.45, 7) is 0. The normalized spacial score (nSPS) is 12.0. The fourth-order valence-electron chi connectivity index (χ4n) is 2.10. The molecule has 8 heteroatoms. The Morgan fingerprint density at radius 3 is 2.48 bits per heavy atom. The summed E-state index contributed by atoms with van der Waals surface area (Å²) in [5.74, 6) is -2.06. The van der Waals surface area contributed by atoms with Crippen LogP contribution in [-0.2, 0) is 6.18 Å². The number of halogens is 5. The van der Waals surface area contributed by atoms with E-state index in [1.807, 2.05) is 0 Å². The molecule has 0 saturated heterocycles. The number of alkyl halides is 3. The van der Waals surface area contributed by atoms with E-state index in [9.17, 15) is 22.0 Å². The van der Waals surface area contributed by atoms with Gasteiger partial charge in [0.05, 0.1) is 17.3 Å². The Bertz CT molecular complexity index is 822. The van der Waals surface area contributed by atoms with Crippen LogP contribution in [0.2, 0.25) is 0 Å². The van der Waals surface area contributed by atoms with Crippen molar-refractivity contribution in [2.75, 3.05) is 0 Å². The van der Waals surface area contributed by atoms with Crippen molar-refractivity contribution in [3.63, 3.8) is 0 Å². The van der Waals surface area contributed by atoms with E-state index >= 15 is 0 Å². The molecule has 0 saturated carbocycles. The second kappa shape index (κ2) is 4.51. The van der Waals surface area contributed by atoms with E-state index in [0.29, 0.717) is 0 Å². The highest BCUT2D eigenvalue weighted by atomic mass is 19.4. The molecule has 0 aliphatic heterocycles. The highest BCUT2D eigenvalue weighted by molar-refractivity contribution is 5.91. The van der Waals surface area contributed by atoms with Gasteiger partial charge in [0.1, 0.15) is 5.52 Å². The molecule has 1 aromatic carbocycles. The van der Waals surface area contributed by atoms with Gasteiger partial charge < -0.3 is 4.98 Å². The van der Waals surface area contributed by atoms with Crippen LogP contribution in [0.15, 0.2) is 30.5 Å². The second-order valence-corrected chi connectivity index (χ2v) is 4.25. The van der Waals surface area contributed by atoms with E-state index < -0.39 is 34.8 Å². The van der Waals surface area contributed by atoms with E-state index in [1.165, 1.54) is 12.1 Å². The zero-order valence-electron chi connectivity index (χ0n) is 10.2. The minimum Gasteiger partial charge on any atom is -0.314 e. The fraction of sp³-hybridized carbons (Fsp3) is 0.0769. The predicted molar refractivity (Wildman–Crippen MR) is 64.2 cm³/mol. The molecule has 3 aromatic rings. The van der Waals surface area contributed by atoms with Gasteiger partial charge in [0, 0.05) is 5.56 Å². The standard InChI is InChI=1S/C13H6F5N3/c14-8-5-19-12-10(20-8)9(11(15)21-12)6-3-1-2-4-7(6)13(16,17)18/h1-5H,(H,19,21). The van der Waals surface area contributed by atoms with Crippen molar-refractivity contribution in [2.45, 2.75) is 6.18 Å². The second-order valence-electron chi connectivity index (χ2n) is 4.25. The first kappa shape index (κ1) is 13.5. The molecule has 0 aliphatic carbocycles. The van der Waals surface area contributed by atoms with E-state index in [4.69, 9.17) is 0 Å². The maximum Gasteiger partial charge on any atom is 0.417 e. The summed E-state index contributed by atoms with van der Waals surface area (Å²) in [6.07, 6.45) is -3.93. The van der Waals surface area contributed by atoms with Crippen molar-refractivity contribution in [1.82, 2.24) is 15.0 Å². The summed E-state index contributed by atoms with van der Waals surface area (Å²) < 4.78 is 66.1. The first-order valence-electron chi connectivity index (χ1n) is 5.74. The van der Waals surface area contributed by atoms with Crippen LogP contribution < -0.4 is 0 Å². The van der Waals surface area contributed by atoms with Crippen LogP contribution in [0.25, 0.3) is 22.3 Å². The molecule has 0 radical (unpaired) electrons. The Labute approximate surface area is 114 Å². The van der Waals surface area contributed by atoms with E-state index in [1.54, 1.807) is 0 Å². The van der Waals surface area contributed by atoms with Gasteiger partial charge in [-0.15, -0.1) is 0 Å². The molecule has 108 valence electrons. The van der Waals surface area contributed by atoms with Crippen LogP contribution in [0.3, 0.4) is 0 Å². The van der Waals surface area contributed by atoms with Gasteiger partial charge in [-0.05, 0) is 6.07 Å². The average molecular weight is 299 g/mol. The van der Waals surface area contributed by atoms with Gasteiger partial charge in [-0.2, -0.15) is 22.0 Å². The van der Waals surface area contributed by atoms with E-state index in [-0.39, 0.29) is 11.2 Å². The largest absolute Gasteiger partial charge is 0.417 e. The van der Waals surface area contributed by atoms with Crippen LogP contribution in [0.5, 0.6) is 0 Å². The van der Waals surface area contributed by atoms with Crippen molar-refractivity contribution < 1.29 is 22.0 Å². The SMILES string of the molecule is Fc1cnc2[nH]c(F)c(-c3ccccc3C(F)(F)F)c2n1. The van der Waals surface area contributed by atoms with Crippen LogP contribution >= 0.6 is 0 Å². The van der Waals surface area contributed by atoms with Gasteiger partial charge in [0.25, 0.3) is 0 Å². The lowest BCUT2D eigenvalue weighted by atomic mass is 10.0. The summed E-state index contributed by atoms with van der Waals surface area (Å²) in [6, 6.07) is 4.43. The van der Waals surface area contributed by atoms with Gasteiger partial charge in [-0.1, -0.05) is 18.2 Å². The lowest BCUT2D eigenvalue weighted by molar-refractivity contribution is -0.137. The molecule has 0 spiro atoms. The van der Waals surface area contributed by atoms with Crippen molar-refractivity contribution in [3.05, 3.63) is 47.9 Å². The maximum absolute atomic E-state index is 14.0. The number of hydrogen-bond acceptors (Lipinski definition) is 2. The molecule has 0 aliphatic rings. The number of aromatic amines is 1. The maximum atomic E-state index is 14.0. The minimum atomic E-state index is -4.67. The number of rotatable bonds is 1.